The second-order valence-electron chi connectivity index (χ2n) is 4.66. The molecule has 0 saturated heterocycles. The maximum Gasteiger partial charge on any atom is 0.124 e. The van der Waals surface area contributed by atoms with Crippen LogP contribution in [-0.4, -0.2) is 21.3 Å². The van der Waals surface area contributed by atoms with Gasteiger partial charge in [-0.15, -0.1) is 0 Å². The fourth-order valence-electron chi connectivity index (χ4n) is 2.13. The highest BCUT2D eigenvalue weighted by Gasteiger charge is 2.04. The first-order chi connectivity index (χ1) is 10.3. The quantitative estimate of drug-likeness (QED) is 0.846. The molecule has 0 aromatic heterocycles. The normalized spacial score (nSPS) is 10.2. The minimum Gasteiger partial charge on any atom is -0.497 e. The van der Waals surface area contributed by atoms with E-state index in [-0.39, 0.29) is 0 Å². The third kappa shape index (κ3) is 4.13. The zero-order valence-electron chi connectivity index (χ0n) is 12.7. The van der Waals surface area contributed by atoms with Crippen LogP contribution in [0.4, 0.5) is 5.69 Å². The fourth-order valence-corrected chi connectivity index (χ4v) is 2.13. The summed E-state index contributed by atoms with van der Waals surface area (Å²) >= 11 is 0. The lowest BCUT2D eigenvalue weighted by Crippen LogP contribution is -2.04. The van der Waals surface area contributed by atoms with Gasteiger partial charge < -0.3 is 19.5 Å². The minimum atomic E-state index is 0.610. The largest absolute Gasteiger partial charge is 0.497 e. The lowest BCUT2D eigenvalue weighted by Gasteiger charge is -2.13. The zero-order chi connectivity index (χ0) is 15.1. The lowest BCUT2D eigenvalue weighted by molar-refractivity contribution is 0.184. The average Bonchev–Trinajstić information content (AvgIpc) is 2.54. The number of benzene rings is 2. The summed E-state index contributed by atoms with van der Waals surface area (Å²) in [6.07, 6.45) is 0. The minimum absolute atomic E-state index is 0.610. The summed E-state index contributed by atoms with van der Waals surface area (Å²) in [4.78, 5) is 0. The second-order valence-corrected chi connectivity index (χ2v) is 4.66. The molecule has 0 amide bonds. The summed E-state index contributed by atoms with van der Waals surface area (Å²) in [6.45, 7) is 1.33. The van der Waals surface area contributed by atoms with E-state index in [0.717, 1.165) is 23.7 Å². The van der Waals surface area contributed by atoms with E-state index in [0.29, 0.717) is 6.61 Å². The first-order valence-corrected chi connectivity index (χ1v) is 6.79. The maximum atomic E-state index is 5.27. The SMILES string of the molecule is COCc1ccccc1CNc1cc(OC)cc(OC)c1. The van der Waals surface area contributed by atoms with Gasteiger partial charge in [-0.05, 0) is 11.1 Å². The van der Waals surface area contributed by atoms with Crippen molar-refractivity contribution >= 4 is 5.69 Å². The molecule has 0 bridgehead atoms. The number of hydrogen-bond donors (Lipinski definition) is 1. The fraction of sp³-hybridized carbons (Fsp3) is 0.294. The summed E-state index contributed by atoms with van der Waals surface area (Å²) in [7, 11) is 5.00. The Hall–Kier alpha value is -2.20. The van der Waals surface area contributed by atoms with Crippen molar-refractivity contribution in [2.24, 2.45) is 0 Å². The van der Waals surface area contributed by atoms with Crippen LogP contribution in [0.25, 0.3) is 0 Å². The number of nitrogens with one attached hydrogen (secondary N) is 1. The van der Waals surface area contributed by atoms with Crippen molar-refractivity contribution in [3.63, 3.8) is 0 Å². The second kappa shape index (κ2) is 7.55. The molecule has 2 rings (SSSR count). The third-order valence-corrected chi connectivity index (χ3v) is 3.25. The molecular weight excluding hydrogens is 266 g/mol. The van der Waals surface area contributed by atoms with Gasteiger partial charge >= 0.3 is 0 Å². The van der Waals surface area contributed by atoms with E-state index >= 15 is 0 Å². The molecule has 4 heteroatoms. The maximum absolute atomic E-state index is 5.27. The van der Waals surface area contributed by atoms with Crippen molar-refractivity contribution in [2.75, 3.05) is 26.6 Å². The summed E-state index contributed by atoms with van der Waals surface area (Å²) in [5, 5.41) is 3.39. The number of anilines is 1. The van der Waals surface area contributed by atoms with Gasteiger partial charge in [-0.25, -0.2) is 0 Å². The highest BCUT2D eigenvalue weighted by atomic mass is 16.5. The molecule has 0 aliphatic rings. The van der Waals surface area contributed by atoms with Crippen molar-refractivity contribution in [3.8, 4) is 11.5 Å². The first kappa shape index (κ1) is 15.2. The smallest absolute Gasteiger partial charge is 0.124 e. The van der Waals surface area contributed by atoms with Gasteiger partial charge in [-0.2, -0.15) is 0 Å². The van der Waals surface area contributed by atoms with E-state index in [2.05, 4.69) is 17.4 Å². The Bertz CT molecular complexity index is 562. The molecule has 0 atom stereocenters. The molecule has 2 aromatic rings. The summed E-state index contributed by atoms with van der Waals surface area (Å²) in [5.74, 6) is 1.53. The molecule has 4 nitrogen and oxygen atoms in total. The molecule has 0 fully saturated rings. The summed E-state index contributed by atoms with van der Waals surface area (Å²) in [5.41, 5.74) is 3.35. The van der Waals surface area contributed by atoms with Crippen LogP contribution in [0.1, 0.15) is 11.1 Å². The number of ether oxygens (including phenoxy) is 3. The van der Waals surface area contributed by atoms with E-state index in [1.54, 1.807) is 21.3 Å². The Morgan fingerprint density at radius 2 is 1.48 bits per heavy atom. The Morgan fingerprint density at radius 1 is 0.857 bits per heavy atom. The topological polar surface area (TPSA) is 39.7 Å². The number of methoxy groups -OCH3 is 3. The predicted molar refractivity (Wildman–Crippen MR) is 84.0 cm³/mol. The number of rotatable bonds is 7. The Morgan fingerprint density at radius 3 is 2.05 bits per heavy atom. The summed E-state index contributed by atoms with van der Waals surface area (Å²) in [6, 6.07) is 14.0. The molecule has 0 radical (unpaired) electrons. The van der Waals surface area contributed by atoms with Gasteiger partial charge in [0.05, 0.1) is 20.8 Å². The third-order valence-electron chi connectivity index (χ3n) is 3.25. The van der Waals surface area contributed by atoms with Crippen molar-refractivity contribution in [1.29, 1.82) is 0 Å². The van der Waals surface area contributed by atoms with Crippen molar-refractivity contribution in [1.82, 2.24) is 0 Å². The molecule has 0 aliphatic heterocycles. The van der Waals surface area contributed by atoms with Crippen LogP contribution in [0.15, 0.2) is 42.5 Å². The zero-order valence-corrected chi connectivity index (χ0v) is 12.7. The van der Waals surface area contributed by atoms with Crippen molar-refractivity contribution in [3.05, 3.63) is 53.6 Å². The van der Waals surface area contributed by atoms with Crippen LogP contribution in [0.3, 0.4) is 0 Å². The molecule has 0 unspecified atom stereocenters. The average molecular weight is 287 g/mol. The summed E-state index contributed by atoms with van der Waals surface area (Å²) < 4.78 is 15.8. The van der Waals surface area contributed by atoms with E-state index in [1.807, 2.05) is 30.3 Å². The van der Waals surface area contributed by atoms with Crippen molar-refractivity contribution in [2.45, 2.75) is 13.2 Å². The van der Waals surface area contributed by atoms with Crippen LogP contribution in [0.5, 0.6) is 11.5 Å². The van der Waals surface area contributed by atoms with Crippen LogP contribution < -0.4 is 14.8 Å². The standard InChI is InChI=1S/C17H21NO3/c1-19-12-14-7-5-4-6-13(14)11-18-15-8-16(20-2)10-17(9-15)21-3/h4-10,18H,11-12H2,1-3H3. The van der Waals surface area contributed by atoms with E-state index in [1.165, 1.54) is 11.1 Å². The van der Waals surface area contributed by atoms with E-state index < -0.39 is 0 Å². The van der Waals surface area contributed by atoms with Gasteiger partial charge in [0.15, 0.2) is 0 Å². The Labute approximate surface area is 125 Å². The van der Waals surface area contributed by atoms with E-state index in [9.17, 15) is 0 Å². The van der Waals surface area contributed by atoms with Gasteiger partial charge in [0.2, 0.25) is 0 Å². The lowest BCUT2D eigenvalue weighted by atomic mass is 10.1. The molecule has 0 saturated carbocycles. The molecule has 1 N–H and O–H groups in total. The molecule has 2 aromatic carbocycles. The highest BCUT2D eigenvalue weighted by molar-refractivity contribution is 5.54. The van der Waals surface area contributed by atoms with E-state index in [4.69, 9.17) is 14.2 Å². The molecule has 21 heavy (non-hydrogen) atoms. The first-order valence-electron chi connectivity index (χ1n) is 6.79. The van der Waals surface area contributed by atoms with Crippen LogP contribution in [0, 0.1) is 0 Å². The monoisotopic (exact) mass is 287 g/mol. The number of hydrogen-bond acceptors (Lipinski definition) is 4. The molecule has 0 heterocycles. The molecule has 112 valence electrons. The predicted octanol–water partition coefficient (Wildman–Crippen LogP) is 3.46. The van der Waals surface area contributed by atoms with Crippen molar-refractivity contribution < 1.29 is 14.2 Å². The van der Waals surface area contributed by atoms with Gasteiger partial charge in [0.1, 0.15) is 11.5 Å². The Balaban J connectivity index is 2.12. The van der Waals surface area contributed by atoms with Crippen LogP contribution in [0.2, 0.25) is 0 Å². The van der Waals surface area contributed by atoms with Crippen LogP contribution in [-0.2, 0) is 17.9 Å². The van der Waals surface area contributed by atoms with Gasteiger partial charge in [0.25, 0.3) is 0 Å². The molecule has 0 aliphatic carbocycles. The van der Waals surface area contributed by atoms with Gasteiger partial charge in [-0.1, -0.05) is 24.3 Å². The van der Waals surface area contributed by atoms with Gasteiger partial charge in [0, 0.05) is 37.5 Å². The highest BCUT2D eigenvalue weighted by Crippen LogP contribution is 2.26. The molecule has 0 spiro atoms. The van der Waals surface area contributed by atoms with Crippen LogP contribution >= 0.6 is 0 Å². The molecular formula is C17H21NO3. The van der Waals surface area contributed by atoms with Gasteiger partial charge in [-0.3, -0.25) is 0 Å². The Kier molecular flexibility index (Phi) is 5.46.